The molecule has 302 valence electrons. The van der Waals surface area contributed by atoms with Gasteiger partial charge in [-0.05, 0) is 141 Å². The third kappa shape index (κ3) is 8.13. The molecular weight excluding hydrogens is 777 g/mol. The number of ether oxygens (including phenoxy) is 2. The van der Waals surface area contributed by atoms with E-state index in [2.05, 4.69) is 42.4 Å². The second kappa shape index (κ2) is 16.3. The Morgan fingerprint density at radius 1 is 1.05 bits per heavy atom. The summed E-state index contributed by atoms with van der Waals surface area (Å²) in [5.74, 6) is 0.626. The van der Waals surface area contributed by atoms with Crippen molar-refractivity contribution in [2.75, 3.05) is 31.6 Å². The molecule has 1 saturated carbocycles. The van der Waals surface area contributed by atoms with Gasteiger partial charge in [0.15, 0.2) is 0 Å². The van der Waals surface area contributed by atoms with Crippen LogP contribution in [0.15, 0.2) is 83.3 Å². The second-order valence-corrected chi connectivity index (χ2v) is 18.4. The van der Waals surface area contributed by atoms with Crippen LogP contribution in [0.3, 0.4) is 0 Å². The summed E-state index contributed by atoms with van der Waals surface area (Å²) < 4.78 is 41.1. The molecule has 0 bridgehead atoms. The fourth-order valence-corrected chi connectivity index (χ4v) is 10.9. The number of thiophene rings is 1. The van der Waals surface area contributed by atoms with E-state index >= 15 is 0 Å². The summed E-state index contributed by atoms with van der Waals surface area (Å²) >= 11 is 1.92. The van der Waals surface area contributed by atoms with Gasteiger partial charge in [-0.3, -0.25) is 19.8 Å². The van der Waals surface area contributed by atoms with Gasteiger partial charge in [0.2, 0.25) is 0 Å². The first-order chi connectivity index (χ1) is 28.2. The highest BCUT2D eigenvalue weighted by Gasteiger charge is 2.37. The van der Waals surface area contributed by atoms with Gasteiger partial charge >= 0.3 is 0 Å². The predicted molar refractivity (Wildman–Crippen MR) is 223 cm³/mol. The molecule has 4 aliphatic rings. The number of aromatic nitrogens is 2. The lowest BCUT2D eigenvalue weighted by molar-refractivity contribution is -0.384. The highest BCUT2D eigenvalue weighted by atomic mass is 32.2. The molecule has 2 saturated heterocycles. The van der Waals surface area contributed by atoms with Crippen molar-refractivity contribution < 1.29 is 27.6 Å². The van der Waals surface area contributed by atoms with Gasteiger partial charge in [0.1, 0.15) is 22.8 Å². The number of nitrogens with zero attached hydrogens (tertiary/aromatic N) is 3. The van der Waals surface area contributed by atoms with Gasteiger partial charge in [0.25, 0.3) is 21.6 Å². The minimum atomic E-state index is -4.53. The first-order valence-corrected chi connectivity index (χ1v) is 22.5. The van der Waals surface area contributed by atoms with Crippen LogP contribution in [-0.4, -0.2) is 66.5 Å². The molecule has 2 aliphatic carbocycles. The zero-order chi connectivity index (χ0) is 39.8. The van der Waals surface area contributed by atoms with Crippen molar-refractivity contribution in [2.45, 2.75) is 80.7 Å². The molecule has 2 unspecified atom stereocenters. The third-order valence-electron chi connectivity index (χ3n) is 12.0. The monoisotopic (exact) mass is 822 g/mol. The smallest absolute Gasteiger partial charge is 0.293 e. The molecule has 58 heavy (non-hydrogen) atoms. The number of nitro groups is 1. The van der Waals surface area contributed by atoms with E-state index in [0.717, 1.165) is 67.2 Å². The van der Waals surface area contributed by atoms with E-state index in [-0.39, 0.29) is 22.9 Å². The molecule has 5 heterocycles. The van der Waals surface area contributed by atoms with Crippen LogP contribution in [-0.2, 0) is 14.8 Å². The number of rotatable bonds is 13. The Kier molecular flexibility index (Phi) is 10.8. The Morgan fingerprint density at radius 3 is 2.71 bits per heavy atom. The van der Waals surface area contributed by atoms with Crippen molar-refractivity contribution in [3.63, 3.8) is 0 Å². The van der Waals surface area contributed by atoms with Crippen LogP contribution < -0.4 is 14.8 Å². The maximum absolute atomic E-state index is 13.9. The number of anilines is 1. The molecule has 9 rings (SSSR count). The molecule has 3 aromatic heterocycles. The molecule has 3 N–H and O–H groups in total. The first kappa shape index (κ1) is 38.4. The minimum Gasteiger partial charge on any atom is -0.455 e. The summed E-state index contributed by atoms with van der Waals surface area (Å²) in [5.41, 5.74) is 4.06. The maximum Gasteiger partial charge on any atom is 0.293 e. The molecule has 13 nitrogen and oxygen atoms in total. The normalized spacial score (nSPS) is 20.5. The number of sulfonamides is 1. The number of carbonyl (C=O) groups is 1. The van der Waals surface area contributed by atoms with E-state index < -0.39 is 31.4 Å². The van der Waals surface area contributed by atoms with Crippen molar-refractivity contribution in [1.82, 2.24) is 19.6 Å². The van der Waals surface area contributed by atoms with Crippen molar-refractivity contribution >= 4 is 55.2 Å². The topological polar surface area (TPSA) is 169 Å². The number of allylic oxidation sites excluding steroid dienone is 1. The van der Waals surface area contributed by atoms with E-state index in [0.29, 0.717) is 43.2 Å². The van der Waals surface area contributed by atoms with Gasteiger partial charge in [-0.1, -0.05) is 12.1 Å². The van der Waals surface area contributed by atoms with Crippen LogP contribution in [0.5, 0.6) is 11.5 Å². The summed E-state index contributed by atoms with van der Waals surface area (Å²) in [6, 6.07) is 15.7. The lowest BCUT2D eigenvalue weighted by Crippen LogP contribution is -2.35. The number of hydrogen-bond acceptors (Lipinski definition) is 11. The Balaban J connectivity index is 0.953. The Labute approximate surface area is 341 Å². The molecule has 0 radical (unpaired) electrons. The van der Waals surface area contributed by atoms with E-state index in [1.807, 2.05) is 23.5 Å². The summed E-state index contributed by atoms with van der Waals surface area (Å²) in [7, 11) is -4.53. The van der Waals surface area contributed by atoms with Gasteiger partial charge in [-0.25, -0.2) is 18.1 Å². The Hall–Kier alpha value is -5.09. The van der Waals surface area contributed by atoms with Gasteiger partial charge in [0, 0.05) is 54.4 Å². The van der Waals surface area contributed by atoms with Crippen LogP contribution >= 0.6 is 11.3 Å². The fraction of sp³-hybridized carbons (Fsp3) is 0.395. The van der Waals surface area contributed by atoms with Crippen LogP contribution in [0.25, 0.3) is 16.6 Å². The largest absolute Gasteiger partial charge is 0.455 e. The highest BCUT2D eigenvalue weighted by molar-refractivity contribution is 7.90. The maximum atomic E-state index is 13.9. The van der Waals surface area contributed by atoms with Crippen LogP contribution in [0.1, 0.15) is 96.1 Å². The number of H-pyrrole nitrogens is 1. The van der Waals surface area contributed by atoms with Gasteiger partial charge < -0.3 is 19.8 Å². The molecule has 5 aromatic rings. The molecule has 2 aromatic carbocycles. The van der Waals surface area contributed by atoms with E-state index in [9.17, 15) is 23.3 Å². The lowest BCUT2D eigenvalue weighted by Gasteiger charge is -2.35. The number of nitro benzene ring substituents is 1. The second-order valence-electron chi connectivity index (χ2n) is 15.8. The zero-order valence-electron chi connectivity index (χ0n) is 32.0. The van der Waals surface area contributed by atoms with E-state index in [1.165, 1.54) is 37.8 Å². The van der Waals surface area contributed by atoms with Crippen molar-refractivity contribution in [3.8, 4) is 11.5 Å². The first-order valence-electron chi connectivity index (χ1n) is 20.1. The quantitative estimate of drug-likeness (QED) is 0.0770. The number of fused-ring (bicyclic) bond motifs is 1. The number of nitrogens with one attached hydrogen (secondary N) is 3. The molecule has 2 atom stereocenters. The number of benzene rings is 2. The summed E-state index contributed by atoms with van der Waals surface area (Å²) in [6.07, 6.45) is 15.1. The Bertz CT molecular complexity index is 2490. The SMILES string of the molecule is O=C(NS(=O)(=O)c1ccc(NCC2CCOCC2)c([N+](=O)[O-])c1)c1ccc(C2=CCC(N3CCCC3c3sccc3C3CC3)CC2)cc1Oc1cnc2[nH]ccc2c1. The molecule has 15 heteroatoms. The fourth-order valence-electron chi connectivity index (χ4n) is 8.74. The van der Waals surface area contributed by atoms with Crippen LogP contribution in [0, 0.1) is 16.0 Å². The Morgan fingerprint density at radius 2 is 1.91 bits per heavy atom. The number of hydrogen-bond donors (Lipinski definition) is 3. The molecule has 1 amide bonds. The summed E-state index contributed by atoms with van der Waals surface area (Å²) in [5, 5.41) is 18.2. The number of carbonyl (C=O) groups excluding carboxylic acids is 1. The van der Waals surface area contributed by atoms with Crippen LogP contribution in [0.4, 0.5) is 11.4 Å². The highest BCUT2D eigenvalue weighted by Crippen LogP contribution is 2.49. The molecular formula is C43H46N6O7S2. The number of pyridine rings is 1. The van der Waals surface area contributed by atoms with Crippen molar-refractivity contribution in [3.05, 3.63) is 110 Å². The summed E-state index contributed by atoms with van der Waals surface area (Å²) in [6.45, 7) is 2.87. The predicted octanol–water partition coefficient (Wildman–Crippen LogP) is 8.93. The van der Waals surface area contributed by atoms with Crippen LogP contribution in [0.2, 0.25) is 0 Å². The average molecular weight is 823 g/mol. The van der Waals surface area contributed by atoms with Crippen molar-refractivity contribution in [1.29, 1.82) is 0 Å². The number of likely N-dealkylation sites (tertiary alicyclic amines) is 1. The van der Waals surface area contributed by atoms with E-state index in [1.54, 1.807) is 41.0 Å². The molecule has 0 spiro atoms. The number of amides is 1. The molecule has 3 fully saturated rings. The lowest BCUT2D eigenvalue weighted by atomic mass is 9.89. The standard InChI is InChI=1S/C43H46N6O7S2/c50-43(47-58(53,54)34-10-12-37(39(24-34)49(51)52)45-25-27-14-19-55-20-15-27)36-11-7-30(23-40(36)56-33-22-31-13-17-44-42(31)46-26-33)28-5-8-32(9-6-28)48-18-1-2-38(48)41-35(16-21-57-41)29-3-4-29/h5,7,10-13,16-17,21-24,26-27,29,32,38,45H,1-4,6,8-9,14-15,18-20,25H2,(H,44,46)(H,47,50). The van der Waals surface area contributed by atoms with E-state index in [4.69, 9.17) is 9.47 Å². The third-order valence-corrected chi connectivity index (χ3v) is 14.4. The van der Waals surface area contributed by atoms with Crippen molar-refractivity contribution in [2.24, 2.45) is 5.92 Å². The number of aromatic amines is 1. The van der Waals surface area contributed by atoms with Gasteiger partial charge in [-0.15, -0.1) is 11.3 Å². The minimum absolute atomic E-state index is 0.0117. The molecule has 2 aliphatic heterocycles. The van der Waals surface area contributed by atoms with Gasteiger partial charge in [-0.2, -0.15) is 0 Å². The summed E-state index contributed by atoms with van der Waals surface area (Å²) in [4.78, 5) is 36.7. The zero-order valence-corrected chi connectivity index (χ0v) is 33.7. The average Bonchev–Trinajstić information content (AvgIpc) is 3.55. The van der Waals surface area contributed by atoms with Gasteiger partial charge in [0.05, 0.1) is 21.6 Å².